The molecule has 28 heavy (non-hydrogen) atoms. The molecule has 0 unspecified atom stereocenters. The molecule has 0 bridgehead atoms. The summed E-state index contributed by atoms with van der Waals surface area (Å²) in [7, 11) is 0. The smallest absolute Gasteiger partial charge is 0.220 e. The molecule has 0 aromatic heterocycles. The molecule has 0 spiro atoms. The van der Waals surface area contributed by atoms with E-state index in [0.717, 1.165) is 31.5 Å². The second-order valence-corrected chi connectivity index (χ2v) is 9.40. The normalized spacial score (nSPS) is 12.9. The molecule has 0 atom stereocenters. The Hall–Kier alpha value is -0.950. The number of carbonyl (C=O) groups excluding carboxylic acids is 1. The number of hydrogen-bond donors (Lipinski definition) is 4. The number of amides is 1. The van der Waals surface area contributed by atoms with Crippen LogP contribution in [-0.4, -0.2) is 55.4 Å². The van der Waals surface area contributed by atoms with Crippen LogP contribution in [-0.2, 0) is 9.53 Å². The Kier molecular flexibility index (Phi) is 12.2. The van der Waals surface area contributed by atoms with E-state index in [9.17, 15) is 4.79 Å². The molecule has 1 amide bonds. The molecule has 0 fully saturated rings. The number of nitrogens with one attached hydrogen (secondary N) is 3. The van der Waals surface area contributed by atoms with Crippen molar-refractivity contribution in [1.29, 1.82) is 0 Å². The summed E-state index contributed by atoms with van der Waals surface area (Å²) in [5, 5.41) is 10.0. The van der Waals surface area contributed by atoms with Crippen molar-refractivity contribution in [3.05, 3.63) is 12.2 Å². The number of rotatable bonds is 16. The number of ether oxygens (including phenoxy) is 1. The zero-order chi connectivity index (χ0) is 21.8. The third-order valence-electron chi connectivity index (χ3n) is 5.00. The van der Waals surface area contributed by atoms with Gasteiger partial charge >= 0.3 is 0 Å². The van der Waals surface area contributed by atoms with Crippen molar-refractivity contribution in [1.82, 2.24) is 16.0 Å². The van der Waals surface area contributed by atoms with E-state index >= 15 is 0 Å². The van der Waals surface area contributed by atoms with E-state index in [2.05, 4.69) is 57.1 Å². The lowest BCUT2D eigenvalue weighted by atomic mass is 9.95. The van der Waals surface area contributed by atoms with Crippen LogP contribution in [0.4, 0.5) is 0 Å². The van der Waals surface area contributed by atoms with E-state index in [-0.39, 0.29) is 22.6 Å². The minimum Gasteiger partial charge on any atom is -0.371 e. The minimum absolute atomic E-state index is 0.0404. The standard InChI is InChI=1S/C22H46N4O2/c1-9-16-28-22(7,8)18(2)10-11-19(27)24-17-21(5,6)25-14-12-20(3,4)26-15-13-23/h25-26H,2,9-17,23H2,1,3-8H3,(H,24,27). The Morgan fingerprint density at radius 2 is 1.61 bits per heavy atom. The summed E-state index contributed by atoms with van der Waals surface area (Å²) in [5.74, 6) is 0.0484. The Morgan fingerprint density at radius 1 is 1.00 bits per heavy atom. The van der Waals surface area contributed by atoms with Gasteiger partial charge in [-0.05, 0) is 72.9 Å². The van der Waals surface area contributed by atoms with Crippen molar-refractivity contribution < 1.29 is 9.53 Å². The first-order valence-corrected chi connectivity index (χ1v) is 10.6. The molecule has 0 saturated carbocycles. The van der Waals surface area contributed by atoms with Gasteiger partial charge in [-0.1, -0.05) is 13.5 Å². The SMILES string of the molecule is C=C(CCC(=O)NCC(C)(C)NCCC(C)(C)NCCN)C(C)(C)OCCC. The van der Waals surface area contributed by atoms with Crippen LogP contribution in [0.1, 0.15) is 74.1 Å². The summed E-state index contributed by atoms with van der Waals surface area (Å²) >= 11 is 0. The average Bonchev–Trinajstić information content (AvgIpc) is 2.60. The van der Waals surface area contributed by atoms with Crippen LogP contribution in [0, 0.1) is 0 Å². The molecule has 0 aromatic carbocycles. The molecular formula is C22H46N4O2. The molecule has 0 heterocycles. The maximum absolute atomic E-state index is 12.2. The van der Waals surface area contributed by atoms with Crippen molar-refractivity contribution in [3.63, 3.8) is 0 Å². The third kappa shape index (κ3) is 12.5. The molecule has 0 aromatic rings. The van der Waals surface area contributed by atoms with E-state index in [1.54, 1.807) is 0 Å². The summed E-state index contributed by atoms with van der Waals surface area (Å²) in [4.78, 5) is 12.2. The van der Waals surface area contributed by atoms with Crippen molar-refractivity contribution in [2.24, 2.45) is 5.73 Å². The lowest BCUT2D eigenvalue weighted by Gasteiger charge is -2.31. The van der Waals surface area contributed by atoms with Crippen LogP contribution in [0.25, 0.3) is 0 Å². The minimum atomic E-state index is -0.387. The average molecular weight is 399 g/mol. The highest BCUT2D eigenvalue weighted by molar-refractivity contribution is 5.76. The van der Waals surface area contributed by atoms with E-state index in [0.29, 0.717) is 32.5 Å². The number of hydrogen-bond acceptors (Lipinski definition) is 5. The van der Waals surface area contributed by atoms with E-state index < -0.39 is 0 Å². The van der Waals surface area contributed by atoms with Gasteiger partial charge in [-0.2, -0.15) is 0 Å². The molecule has 6 nitrogen and oxygen atoms in total. The molecule has 5 N–H and O–H groups in total. The largest absolute Gasteiger partial charge is 0.371 e. The van der Waals surface area contributed by atoms with Gasteiger partial charge in [-0.25, -0.2) is 0 Å². The van der Waals surface area contributed by atoms with E-state index in [1.165, 1.54) is 0 Å². The zero-order valence-corrected chi connectivity index (χ0v) is 19.5. The third-order valence-corrected chi connectivity index (χ3v) is 5.00. The van der Waals surface area contributed by atoms with Crippen LogP contribution in [0.3, 0.4) is 0 Å². The maximum Gasteiger partial charge on any atom is 0.220 e. The molecule has 6 heteroatoms. The van der Waals surface area contributed by atoms with Gasteiger partial charge in [0.25, 0.3) is 0 Å². The highest BCUT2D eigenvalue weighted by atomic mass is 16.5. The van der Waals surface area contributed by atoms with Gasteiger partial charge in [0.2, 0.25) is 5.91 Å². The maximum atomic E-state index is 12.2. The monoisotopic (exact) mass is 398 g/mol. The highest BCUT2D eigenvalue weighted by Crippen LogP contribution is 2.23. The Bertz CT molecular complexity index is 473. The van der Waals surface area contributed by atoms with E-state index in [4.69, 9.17) is 10.5 Å². The quantitative estimate of drug-likeness (QED) is 0.300. The van der Waals surface area contributed by atoms with Crippen LogP contribution >= 0.6 is 0 Å². The highest BCUT2D eigenvalue weighted by Gasteiger charge is 2.24. The Morgan fingerprint density at radius 3 is 2.18 bits per heavy atom. The molecule has 0 radical (unpaired) electrons. The summed E-state index contributed by atoms with van der Waals surface area (Å²) in [6.45, 7) is 22.4. The first kappa shape index (κ1) is 27.0. The fraction of sp³-hybridized carbons (Fsp3) is 0.864. The fourth-order valence-electron chi connectivity index (χ4n) is 2.71. The summed E-state index contributed by atoms with van der Waals surface area (Å²) in [5.41, 5.74) is 6.00. The van der Waals surface area contributed by atoms with Crippen molar-refractivity contribution >= 4 is 5.91 Å². The number of nitrogens with two attached hydrogens (primary N) is 1. The molecule has 0 saturated heterocycles. The fourth-order valence-corrected chi connectivity index (χ4v) is 2.71. The Balaban J connectivity index is 4.19. The van der Waals surface area contributed by atoms with Crippen molar-refractivity contribution in [2.75, 3.05) is 32.8 Å². The lowest BCUT2D eigenvalue weighted by molar-refractivity contribution is -0.121. The molecular weight excluding hydrogens is 352 g/mol. The molecule has 0 rings (SSSR count). The van der Waals surface area contributed by atoms with Gasteiger partial charge in [-0.15, -0.1) is 0 Å². The Labute approximate surface area is 173 Å². The van der Waals surface area contributed by atoms with Gasteiger partial charge in [0, 0.05) is 43.7 Å². The van der Waals surface area contributed by atoms with Crippen LogP contribution in [0.15, 0.2) is 12.2 Å². The van der Waals surface area contributed by atoms with E-state index in [1.807, 2.05) is 13.8 Å². The summed E-state index contributed by atoms with van der Waals surface area (Å²) < 4.78 is 5.83. The summed E-state index contributed by atoms with van der Waals surface area (Å²) in [6, 6.07) is 0. The molecule has 0 aliphatic rings. The number of carbonyl (C=O) groups is 1. The molecule has 0 aliphatic carbocycles. The van der Waals surface area contributed by atoms with Crippen LogP contribution in [0.5, 0.6) is 0 Å². The molecule has 0 aliphatic heterocycles. The first-order chi connectivity index (χ1) is 12.9. The first-order valence-electron chi connectivity index (χ1n) is 10.6. The topological polar surface area (TPSA) is 88.4 Å². The predicted octanol–water partition coefficient (Wildman–Crippen LogP) is 2.73. The second-order valence-electron chi connectivity index (χ2n) is 9.40. The second kappa shape index (κ2) is 12.6. The van der Waals surface area contributed by atoms with Gasteiger partial charge in [-0.3, -0.25) is 4.79 Å². The van der Waals surface area contributed by atoms with Gasteiger partial charge in [0.05, 0.1) is 5.60 Å². The molecule has 166 valence electrons. The predicted molar refractivity (Wildman–Crippen MR) is 120 cm³/mol. The van der Waals surface area contributed by atoms with Gasteiger partial charge in [0.15, 0.2) is 0 Å². The summed E-state index contributed by atoms with van der Waals surface area (Å²) in [6.07, 6.45) is 3.03. The van der Waals surface area contributed by atoms with Gasteiger partial charge in [0.1, 0.15) is 0 Å². The van der Waals surface area contributed by atoms with Crippen LogP contribution in [0.2, 0.25) is 0 Å². The van der Waals surface area contributed by atoms with Crippen molar-refractivity contribution in [2.45, 2.75) is 90.8 Å². The van der Waals surface area contributed by atoms with Crippen LogP contribution < -0.4 is 21.7 Å². The zero-order valence-electron chi connectivity index (χ0n) is 19.5. The van der Waals surface area contributed by atoms with Crippen molar-refractivity contribution in [3.8, 4) is 0 Å². The van der Waals surface area contributed by atoms with Gasteiger partial charge < -0.3 is 26.4 Å². The lowest BCUT2D eigenvalue weighted by Crippen LogP contribution is -2.51.